The minimum absolute atomic E-state index is 0.0438. The summed E-state index contributed by atoms with van der Waals surface area (Å²) in [6.07, 6.45) is 0.242. The second-order valence-electron chi connectivity index (χ2n) is 8.47. The number of ether oxygens (including phenoxy) is 3. The maximum absolute atomic E-state index is 13.9. The maximum Gasteiger partial charge on any atom is 0.320 e. The molecule has 0 N–H and O–H groups in total. The minimum atomic E-state index is -1.17. The van der Waals surface area contributed by atoms with Crippen molar-refractivity contribution in [2.24, 2.45) is 0 Å². The Morgan fingerprint density at radius 2 is 1.62 bits per heavy atom. The SMILES string of the molecule is COC(=O)C1(c2ccc3c(c2)OCO3)CC2(C(=O)N(C)c3ccccc32)c2ccccc21. The third-order valence-electron chi connectivity index (χ3n) is 7.17. The molecule has 3 aromatic rings. The van der Waals surface area contributed by atoms with Crippen molar-refractivity contribution in [1.82, 2.24) is 0 Å². The zero-order chi connectivity index (χ0) is 22.1. The van der Waals surface area contributed by atoms with Gasteiger partial charge in [-0.1, -0.05) is 48.5 Å². The van der Waals surface area contributed by atoms with Crippen LogP contribution in [0.5, 0.6) is 11.5 Å². The molecule has 1 spiro atoms. The van der Waals surface area contributed by atoms with Gasteiger partial charge in [-0.15, -0.1) is 0 Å². The highest BCUT2D eigenvalue weighted by Crippen LogP contribution is 2.61. The van der Waals surface area contributed by atoms with Crippen LogP contribution in [0.4, 0.5) is 5.69 Å². The van der Waals surface area contributed by atoms with E-state index in [2.05, 4.69) is 0 Å². The second kappa shape index (κ2) is 6.36. The molecule has 160 valence electrons. The highest BCUT2D eigenvalue weighted by atomic mass is 16.7. The van der Waals surface area contributed by atoms with Crippen LogP contribution in [0.15, 0.2) is 66.7 Å². The van der Waals surface area contributed by atoms with Crippen LogP contribution in [0.2, 0.25) is 0 Å². The molecule has 0 fully saturated rings. The summed E-state index contributed by atoms with van der Waals surface area (Å²) in [4.78, 5) is 29.2. The van der Waals surface area contributed by atoms with E-state index in [1.165, 1.54) is 7.11 Å². The number of anilines is 1. The number of fused-ring (bicyclic) bond motifs is 5. The number of esters is 1. The molecule has 0 aromatic heterocycles. The summed E-state index contributed by atoms with van der Waals surface area (Å²) in [6.45, 7) is 0.140. The van der Waals surface area contributed by atoms with Gasteiger partial charge in [0.15, 0.2) is 11.5 Å². The van der Waals surface area contributed by atoms with Gasteiger partial charge in [-0.3, -0.25) is 9.59 Å². The molecule has 3 aromatic carbocycles. The van der Waals surface area contributed by atoms with Gasteiger partial charge < -0.3 is 19.1 Å². The van der Waals surface area contributed by atoms with E-state index in [-0.39, 0.29) is 19.1 Å². The second-order valence-corrected chi connectivity index (χ2v) is 8.47. The fourth-order valence-corrected chi connectivity index (χ4v) is 5.78. The number of hydrogen-bond acceptors (Lipinski definition) is 5. The van der Waals surface area contributed by atoms with E-state index in [4.69, 9.17) is 14.2 Å². The van der Waals surface area contributed by atoms with Crippen molar-refractivity contribution in [3.8, 4) is 11.5 Å². The molecule has 2 aliphatic heterocycles. The van der Waals surface area contributed by atoms with Crippen LogP contribution in [0.1, 0.15) is 28.7 Å². The van der Waals surface area contributed by atoms with Gasteiger partial charge in [0, 0.05) is 12.7 Å². The van der Waals surface area contributed by atoms with Crippen LogP contribution in [-0.2, 0) is 25.2 Å². The van der Waals surface area contributed by atoms with Gasteiger partial charge >= 0.3 is 5.97 Å². The Balaban J connectivity index is 1.67. The monoisotopic (exact) mass is 427 g/mol. The lowest BCUT2D eigenvalue weighted by Gasteiger charge is -2.31. The average molecular weight is 427 g/mol. The van der Waals surface area contributed by atoms with Crippen molar-refractivity contribution in [3.63, 3.8) is 0 Å². The number of amides is 1. The Labute approximate surface area is 185 Å². The molecule has 2 heterocycles. The zero-order valence-corrected chi connectivity index (χ0v) is 17.8. The van der Waals surface area contributed by atoms with Crippen molar-refractivity contribution in [1.29, 1.82) is 0 Å². The summed E-state index contributed by atoms with van der Waals surface area (Å²) in [5, 5.41) is 0. The molecule has 0 bridgehead atoms. The number of carbonyl (C=O) groups is 2. The summed E-state index contributed by atoms with van der Waals surface area (Å²) >= 11 is 0. The van der Waals surface area contributed by atoms with Crippen LogP contribution in [0.3, 0.4) is 0 Å². The van der Waals surface area contributed by atoms with Crippen LogP contribution in [0.25, 0.3) is 0 Å². The summed E-state index contributed by atoms with van der Waals surface area (Å²) in [7, 11) is 3.18. The number of likely N-dealkylation sites (N-methyl/N-ethyl adjacent to an activating group) is 1. The van der Waals surface area contributed by atoms with Gasteiger partial charge in [-0.05, 0) is 46.9 Å². The number of nitrogens with zero attached hydrogens (tertiary/aromatic N) is 1. The van der Waals surface area contributed by atoms with E-state index in [1.807, 2.05) is 66.7 Å². The van der Waals surface area contributed by atoms with Crippen molar-refractivity contribution in [3.05, 3.63) is 89.0 Å². The molecule has 0 radical (unpaired) electrons. The summed E-state index contributed by atoms with van der Waals surface area (Å²) < 4.78 is 16.5. The third-order valence-corrected chi connectivity index (χ3v) is 7.17. The van der Waals surface area contributed by atoms with Crippen molar-refractivity contribution >= 4 is 17.6 Å². The Morgan fingerprint density at radius 3 is 2.41 bits per heavy atom. The van der Waals surface area contributed by atoms with Crippen molar-refractivity contribution in [2.75, 3.05) is 25.9 Å². The fourth-order valence-electron chi connectivity index (χ4n) is 5.78. The molecule has 0 saturated heterocycles. The topological polar surface area (TPSA) is 65.1 Å². The lowest BCUT2D eigenvalue weighted by atomic mass is 9.70. The van der Waals surface area contributed by atoms with Crippen molar-refractivity contribution < 1.29 is 23.8 Å². The summed E-state index contributed by atoms with van der Waals surface area (Å²) in [6, 6.07) is 21.0. The van der Waals surface area contributed by atoms with E-state index < -0.39 is 16.8 Å². The number of methoxy groups -OCH3 is 1. The number of carbonyl (C=O) groups excluding carboxylic acids is 2. The maximum atomic E-state index is 13.9. The number of hydrogen-bond donors (Lipinski definition) is 0. The summed E-state index contributed by atoms with van der Waals surface area (Å²) in [5.74, 6) is 0.773. The highest BCUT2D eigenvalue weighted by molar-refractivity contribution is 6.12. The predicted molar refractivity (Wildman–Crippen MR) is 117 cm³/mol. The van der Waals surface area contributed by atoms with Crippen LogP contribution in [0, 0.1) is 0 Å². The molecule has 32 heavy (non-hydrogen) atoms. The molecule has 2 atom stereocenters. The number of rotatable bonds is 2. The Bertz CT molecular complexity index is 1300. The molecule has 3 aliphatic rings. The Kier molecular flexibility index (Phi) is 3.76. The number of benzene rings is 3. The largest absolute Gasteiger partial charge is 0.468 e. The van der Waals surface area contributed by atoms with Crippen LogP contribution >= 0.6 is 0 Å². The molecule has 6 heteroatoms. The van der Waals surface area contributed by atoms with Crippen LogP contribution in [-0.4, -0.2) is 32.8 Å². The smallest absolute Gasteiger partial charge is 0.320 e. The van der Waals surface area contributed by atoms with Gasteiger partial charge in [0.25, 0.3) is 0 Å². The molecular weight excluding hydrogens is 406 g/mol. The molecule has 6 nitrogen and oxygen atoms in total. The van der Waals surface area contributed by atoms with E-state index in [0.717, 1.165) is 27.9 Å². The first-order valence-corrected chi connectivity index (χ1v) is 10.5. The zero-order valence-electron chi connectivity index (χ0n) is 17.8. The Morgan fingerprint density at radius 1 is 0.938 bits per heavy atom. The Hall–Kier alpha value is -3.80. The van der Waals surface area contributed by atoms with Crippen molar-refractivity contribution in [2.45, 2.75) is 17.3 Å². The highest BCUT2D eigenvalue weighted by Gasteiger charge is 2.65. The number of para-hydroxylation sites is 1. The van der Waals surface area contributed by atoms with Crippen LogP contribution < -0.4 is 14.4 Å². The van der Waals surface area contributed by atoms with E-state index in [0.29, 0.717) is 11.5 Å². The summed E-state index contributed by atoms with van der Waals surface area (Å²) in [5.41, 5.74) is 1.96. The molecule has 1 amide bonds. The van der Waals surface area contributed by atoms with Gasteiger partial charge in [-0.2, -0.15) is 0 Å². The standard InChI is InChI=1S/C26H21NO5/c1-27-20-10-6-5-9-19(20)26(23(27)28)14-25(24(29)30-2,17-7-3-4-8-18(17)26)16-11-12-21-22(13-16)32-15-31-21/h3-13H,14-15H2,1-2H3. The first-order chi connectivity index (χ1) is 15.5. The van der Waals surface area contributed by atoms with E-state index in [1.54, 1.807) is 11.9 Å². The lowest BCUT2D eigenvalue weighted by Crippen LogP contribution is -2.43. The van der Waals surface area contributed by atoms with Gasteiger partial charge in [-0.25, -0.2) is 0 Å². The van der Waals surface area contributed by atoms with Gasteiger partial charge in [0.05, 0.1) is 7.11 Å². The van der Waals surface area contributed by atoms with Gasteiger partial charge in [0.2, 0.25) is 12.7 Å². The van der Waals surface area contributed by atoms with Gasteiger partial charge in [0.1, 0.15) is 10.8 Å². The molecular formula is C26H21NO5. The minimum Gasteiger partial charge on any atom is -0.468 e. The molecule has 6 rings (SSSR count). The quantitative estimate of drug-likeness (QED) is 0.586. The predicted octanol–water partition coefficient (Wildman–Crippen LogP) is 3.54. The average Bonchev–Trinajstić information content (AvgIpc) is 3.49. The molecule has 0 saturated carbocycles. The fraction of sp³-hybridized carbons (Fsp3) is 0.231. The first-order valence-electron chi connectivity index (χ1n) is 10.5. The first kappa shape index (κ1) is 18.9. The molecule has 2 unspecified atom stereocenters. The van der Waals surface area contributed by atoms with E-state index >= 15 is 0 Å². The van der Waals surface area contributed by atoms with E-state index in [9.17, 15) is 9.59 Å². The normalized spacial score (nSPS) is 24.6. The third kappa shape index (κ3) is 2.09. The lowest BCUT2D eigenvalue weighted by molar-refractivity contribution is -0.146. The molecule has 1 aliphatic carbocycles.